The van der Waals surface area contributed by atoms with E-state index in [2.05, 4.69) is 17.4 Å². The van der Waals surface area contributed by atoms with Gasteiger partial charge in [-0.2, -0.15) is 0 Å². The number of rotatable bonds is 6. The Kier molecular flexibility index (Phi) is 5.62. The van der Waals surface area contributed by atoms with Gasteiger partial charge in [-0.1, -0.05) is 36.4 Å². The average molecular weight is 407 g/mol. The number of para-hydroxylation sites is 2. The van der Waals surface area contributed by atoms with E-state index in [0.717, 1.165) is 23.3 Å². The van der Waals surface area contributed by atoms with Crippen molar-refractivity contribution in [3.63, 3.8) is 0 Å². The molecule has 1 amide bonds. The predicted molar refractivity (Wildman–Crippen MR) is 114 cm³/mol. The third-order valence-corrected chi connectivity index (χ3v) is 5.92. The Morgan fingerprint density at radius 2 is 1.79 bits per heavy atom. The van der Waals surface area contributed by atoms with Gasteiger partial charge in [0.15, 0.2) is 6.61 Å². The predicted octanol–water partition coefficient (Wildman–Crippen LogP) is 4.71. The Morgan fingerprint density at radius 1 is 1.03 bits per heavy atom. The third-order valence-electron chi connectivity index (χ3n) is 4.73. The molecule has 0 atom stereocenters. The molecule has 3 aromatic rings. The fourth-order valence-corrected chi connectivity index (χ4v) is 4.58. The van der Waals surface area contributed by atoms with Crippen LogP contribution in [-0.4, -0.2) is 25.1 Å². The number of amides is 1. The van der Waals surface area contributed by atoms with Crippen LogP contribution in [0.5, 0.6) is 5.75 Å². The number of aryl methyl sites for hydroxylation is 2. The maximum atomic E-state index is 12.5. The number of ether oxygens (including phenoxy) is 2. The topological polar surface area (TPSA) is 64.6 Å². The molecule has 0 aliphatic heterocycles. The van der Waals surface area contributed by atoms with Crippen molar-refractivity contribution in [2.75, 3.05) is 18.5 Å². The van der Waals surface area contributed by atoms with Gasteiger partial charge in [0.05, 0.1) is 12.3 Å². The van der Waals surface area contributed by atoms with Crippen molar-refractivity contribution in [2.24, 2.45) is 0 Å². The summed E-state index contributed by atoms with van der Waals surface area (Å²) in [5, 5.41) is 2.73. The molecular weight excluding hydrogens is 386 g/mol. The zero-order valence-corrected chi connectivity index (χ0v) is 16.9. The first-order valence-corrected chi connectivity index (χ1v) is 10.4. The van der Waals surface area contributed by atoms with Crippen molar-refractivity contribution in [1.82, 2.24) is 0 Å². The Labute approximate surface area is 173 Å². The monoisotopic (exact) mass is 407 g/mol. The lowest BCUT2D eigenvalue weighted by molar-refractivity contribution is -0.119. The Morgan fingerprint density at radius 3 is 2.66 bits per heavy atom. The molecule has 1 N–H and O–H groups in total. The molecule has 1 aliphatic rings. The molecule has 2 aromatic carbocycles. The number of esters is 1. The highest BCUT2D eigenvalue weighted by Crippen LogP contribution is 2.39. The fourth-order valence-electron chi connectivity index (χ4n) is 3.41. The number of nitrogens with one attached hydrogen (secondary N) is 1. The summed E-state index contributed by atoms with van der Waals surface area (Å²) in [6.45, 7) is 2.02. The van der Waals surface area contributed by atoms with E-state index in [4.69, 9.17) is 9.47 Å². The van der Waals surface area contributed by atoms with Crippen molar-refractivity contribution in [3.05, 3.63) is 70.6 Å². The van der Waals surface area contributed by atoms with Gasteiger partial charge in [0, 0.05) is 4.88 Å². The summed E-state index contributed by atoms with van der Waals surface area (Å²) in [7, 11) is 0. The standard InChI is InChI=1S/C23H21NO4S/c1-2-27-19-10-6-5-9-18(19)24-21(25)14-28-23(26)20-13-16-12-11-15-7-3-4-8-17(15)22(16)29-20/h3-10,13H,2,11-12,14H2,1H3,(H,24,25). The van der Waals surface area contributed by atoms with E-state index in [1.807, 2.05) is 31.2 Å². The molecule has 5 nitrogen and oxygen atoms in total. The molecule has 0 spiro atoms. The number of fused-ring (bicyclic) bond motifs is 3. The van der Waals surface area contributed by atoms with Gasteiger partial charge in [0.1, 0.15) is 10.6 Å². The normalized spacial score (nSPS) is 11.9. The van der Waals surface area contributed by atoms with Gasteiger partial charge >= 0.3 is 5.97 Å². The van der Waals surface area contributed by atoms with Gasteiger partial charge in [-0.05, 0) is 54.7 Å². The summed E-state index contributed by atoms with van der Waals surface area (Å²) in [6, 6.07) is 17.3. The summed E-state index contributed by atoms with van der Waals surface area (Å²) in [5.74, 6) is -0.299. The molecule has 4 rings (SSSR count). The zero-order chi connectivity index (χ0) is 20.2. The molecule has 0 saturated carbocycles. The van der Waals surface area contributed by atoms with Crippen LogP contribution in [0.4, 0.5) is 5.69 Å². The molecule has 0 bridgehead atoms. The van der Waals surface area contributed by atoms with E-state index < -0.39 is 11.9 Å². The van der Waals surface area contributed by atoms with E-state index in [1.54, 1.807) is 18.2 Å². The summed E-state index contributed by atoms with van der Waals surface area (Å²) in [6.07, 6.45) is 1.88. The highest BCUT2D eigenvalue weighted by atomic mass is 32.1. The van der Waals surface area contributed by atoms with Crippen LogP contribution in [0.15, 0.2) is 54.6 Å². The Bertz CT molecular complexity index is 1060. The summed E-state index contributed by atoms with van der Waals surface area (Å²) < 4.78 is 10.7. The number of benzene rings is 2. The lowest BCUT2D eigenvalue weighted by atomic mass is 9.91. The van der Waals surface area contributed by atoms with Crippen LogP contribution in [0.1, 0.15) is 27.7 Å². The maximum Gasteiger partial charge on any atom is 0.348 e. The van der Waals surface area contributed by atoms with E-state index in [-0.39, 0.29) is 6.61 Å². The number of hydrogen-bond acceptors (Lipinski definition) is 5. The van der Waals surface area contributed by atoms with Crippen molar-refractivity contribution in [2.45, 2.75) is 19.8 Å². The van der Waals surface area contributed by atoms with Crippen LogP contribution in [0.25, 0.3) is 10.4 Å². The highest BCUT2D eigenvalue weighted by molar-refractivity contribution is 7.17. The summed E-state index contributed by atoms with van der Waals surface area (Å²) >= 11 is 1.42. The van der Waals surface area contributed by atoms with Crippen molar-refractivity contribution < 1.29 is 19.1 Å². The van der Waals surface area contributed by atoms with Crippen LogP contribution < -0.4 is 10.1 Å². The van der Waals surface area contributed by atoms with Gasteiger partial charge in [-0.25, -0.2) is 4.79 Å². The van der Waals surface area contributed by atoms with Gasteiger partial charge in [0.2, 0.25) is 0 Å². The highest BCUT2D eigenvalue weighted by Gasteiger charge is 2.22. The molecule has 1 heterocycles. The summed E-state index contributed by atoms with van der Waals surface area (Å²) in [4.78, 5) is 26.3. The molecule has 0 radical (unpaired) electrons. The lowest BCUT2D eigenvalue weighted by Crippen LogP contribution is -2.21. The minimum Gasteiger partial charge on any atom is -0.492 e. The van der Waals surface area contributed by atoms with E-state index in [1.165, 1.54) is 22.5 Å². The number of carbonyl (C=O) groups is 2. The lowest BCUT2D eigenvalue weighted by Gasteiger charge is -2.15. The number of thiophene rings is 1. The number of anilines is 1. The minimum atomic E-state index is -0.477. The van der Waals surface area contributed by atoms with Crippen molar-refractivity contribution in [3.8, 4) is 16.2 Å². The van der Waals surface area contributed by atoms with Crippen molar-refractivity contribution >= 4 is 28.9 Å². The minimum absolute atomic E-state index is 0.349. The molecule has 0 fully saturated rings. The van der Waals surface area contributed by atoms with Crippen LogP contribution in [0, 0.1) is 0 Å². The molecule has 1 aromatic heterocycles. The molecule has 0 unspecified atom stereocenters. The molecule has 29 heavy (non-hydrogen) atoms. The second-order valence-corrected chi connectivity index (χ2v) is 7.73. The van der Waals surface area contributed by atoms with Gasteiger partial charge in [-0.3, -0.25) is 4.79 Å². The van der Waals surface area contributed by atoms with Crippen LogP contribution in [0.3, 0.4) is 0 Å². The maximum absolute atomic E-state index is 12.5. The first-order valence-electron chi connectivity index (χ1n) is 9.55. The SMILES string of the molecule is CCOc1ccccc1NC(=O)COC(=O)c1cc2c(s1)-c1ccccc1CC2. The van der Waals surface area contributed by atoms with Gasteiger partial charge < -0.3 is 14.8 Å². The first-order chi connectivity index (χ1) is 14.2. The van der Waals surface area contributed by atoms with E-state index in [0.29, 0.717) is 22.9 Å². The molecule has 6 heteroatoms. The third kappa shape index (κ3) is 4.17. The number of carbonyl (C=O) groups excluding carboxylic acids is 2. The van der Waals surface area contributed by atoms with Crippen LogP contribution in [-0.2, 0) is 22.4 Å². The van der Waals surface area contributed by atoms with E-state index >= 15 is 0 Å². The second kappa shape index (κ2) is 8.49. The first kappa shape index (κ1) is 19.2. The van der Waals surface area contributed by atoms with Gasteiger partial charge in [0.25, 0.3) is 5.91 Å². The van der Waals surface area contributed by atoms with Gasteiger partial charge in [-0.15, -0.1) is 11.3 Å². The van der Waals surface area contributed by atoms with Crippen molar-refractivity contribution in [1.29, 1.82) is 0 Å². The zero-order valence-electron chi connectivity index (χ0n) is 16.1. The van der Waals surface area contributed by atoms with Crippen LogP contribution >= 0.6 is 11.3 Å². The van der Waals surface area contributed by atoms with E-state index in [9.17, 15) is 9.59 Å². The smallest absolute Gasteiger partial charge is 0.348 e. The second-order valence-electron chi connectivity index (χ2n) is 6.68. The fraction of sp³-hybridized carbons (Fsp3) is 0.217. The summed E-state index contributed by atoms with van der Waals surface area (Å²) in [5.41, 5.74) is 4.20. The Hall–Kier alpha value is -3.12. The average Bonchev–Trinajstić information content (AvgIpc) is 3.19. The number of hydrogen-bond donors (Lipinski definition) is 1. The molecular formula is C23H21NO4S. The Balaban J connectivity index is 1.40. The molecule has 1 aliphatic carbocycles. The molecule has 148 valence electrons. The largest absolute Gasteiger partial charge is 0.492 e. The van der Waals surface area contributed by atoms with Crippen LogP contribution in [0.2, 0.25) is 0 Å². The molecule has 0 saturated heterocycles. The quantitative estimate of drug-likeness (QED) is 0.601.